The van der Waals surface area contributed by atoms with Crippen molar-refractivity contribution in [2.75, 3.05) is 6.61 Å². The van der Waals surface area contributed by atoms with Crippen molar-refractivity contribution < 1.29 is 14.7 Å². The van der Waals surface area contributed by atoms with Gasteiger partial charge in [-0.25, -0.2) is 5.43 Å². The summed E-state index contributed by atoms with van der Waals surface area (Å²) in [6.45, 7) is 2.13. The van der Waals surface area contributed by atoms with E-state index in [1.54, 1.807) is 0 Å². The van der Waals surface area contributed by atoms with Crippen molar-refractivity contribution in [2.45, 2.75) is 51.0 Å². The van der Waals surface area contributed by atoms with Gasteiger partial charge in [-0.05, 0) is 31.6 Å². The van der Waals surface area contributed by atoms with Gasteiger partial charge >= 0.3 is 0 Å². The topological polar surface area (TPSA) is 90.8 Å². The summed E-state index contributed by atoms with van der Waals surface area (Å²) < 4.78 is 0. The zero-order chi connectivity index (χ0) is 13.9. The first-order chi connectivity index (χ1) is 9.04. The van der Waals surface area contributed by atoms with E-state index in [4.69, 9.17) is 0 Å². The third kappa shape index (κ3) is 3.32. The van der Waals surface area contributed by atoms with Crippen molar-refractivity contribution >= 4 is 17.5 Å². The van der Waals surface area contributed by atoms with Gasteiger partial charge in [-0.2, -0.15) is 5.10 Å². The average Bonchev–Trinajstić information content (AvgIpc) is 2.42. The van der Waals surface area contributed by atoms with Gasteiger partial charge in [0.05, 0.1) is 12.1 Å². The number of aliphatic hydroxyl groups excluding tert-OH is 1. The van der Waals surface area contributed by atoms with Gasteiger partial charge in [-0.3, -0.25) is 9.59 Å². The predicted octanol–water partition coefficient (Wildman–Crippen LogP) is 0.310. The van der Waals surface area contributed by atoms with Crippen molar-refractivity contribution in [1.82, 2.24) is 10.7 Å². The molecule has 3 N–H and O–H groups in total. The van der Waals surface area contributed by atoms with Crippen LogP contribution in [0.25, 0.3) is 0 Å². The molecule has 0 spiro atoms. The van der Waals surface area contributed by atoms with Crippen LogP contribution in [0.5, 0.6) is 0 Å². The van der Waals surface area contributed by atoms with Crippen molar-refractivity contribution in [3.63, 3.8) is 0 Å². The Balaban J connectivity index is 1.98. The summed E-state index contributed by atoms with van der Waals surface area (Å²) in [5, 5.41) is 16.3. The highest BCUT2D eigenvalue weighted by atomic mass is 16.3. The summed E-state index contributed by atoms with van der Waals surface area (Å²) in [6, 6.07) is 0. The minimum atomic E-state index is -0.520. The van der Waals surface area contributed by atoms with Crippen LogP contribution in [0.2, 0.25) is 0 Å². The van der Waals surface area contributed by atoms with Gasteiger partial charge in [0.25, 0.3) is 5.91 Å². The Morgan fingerprint density at radius 1 is 1.47 bits per heavy atom. The zero-order valence-corrected chi connectivity index (χ0v) is 11.2. The fourth-order valence-corrected chi connectivity index (χ4v) is 2.59. The van der Waals surface area contributed by atoms with Crippen LogP contribution in [-0.2, 0) is 9.59 Å². The molecule has 2 rings (SSSR count). The van der Waals surface area contributed by atoms with Crippen molar-refractivity contribution in [1.29, 1.82) is 0 Å². The average molecular weight is 267 g/mol. The molecule has 0 atom stereocenters. The van der Waals surface area contributed by atoms with E-state index in [9.17, 15) is 14.7 Å². The summed E-state index contributed by atoms with van der Waals surface area (Å²) in [5.74, 6) is 0.200. The fourth-order valence-electron chi connectivity index (χ4n) is 2.59. The molecule has 1 fully saturated rings. The highest BCUT2D eigenvalue weighted by molar-refractivity contribution is 6.39. The molecule has 1 aliphatic carbocycles. The smallest absolute Gasteiger partial charge is 0.268 e. The summed E-state index contributed by atoms with van der Waals surface area (Å²) in [5.41, 5.74) is 2.13. The third-order valence-corrected chi connectivity index (χ3v) is 4.08. The number of hydrazone groups is 1. The van der Waals surface area contributed by atoms with Crippen molar-refractivity contribution in [2.24, 2.45) is 11.0 Å². The summed E-state index contributed by atoms with van der Waals surface area (Å²) in [6.07, 6.45) is 4.23. The minimum Gasteiger partial charge on any atom is -0.394 e. The lowest BCUT2D eigenvalue weighted by Gasteiger charge is -2.38. The largest absolute Gasteiger partial charge is 0.394 e. The lowest BCUT2D eigenvalue weighted by molar-refractivity contribution is -0.121. The molecule has 0 unspecified atom stereocenters. The number of aliphatic hydroxyl groups is 1. The predicted molar refractivity (Wildman–Crippen MR) is 70.4 cm³/mol. The van der Waals surface area contributed by atoms with E-state index in [0.717, 1.165) is 25.7 Å². The first-order valence-electron chi connectivity index (χ1n) is 6.83. The van der Waals surface area contributed by atoms with Gasteiger partial charge < -0.3 is 10.4 Å². The lowest BCUT2D eigenvalue weighted by Crippen LogP contribution is -2.55. The first-order valence-corrected chi connectivity index (χ1v) is 6.83. The van der Waals surface area contributed by atoms with Gasteiger partial charge in [0, 0.05) is 12.8 Å². The molecule has 0 bridgehead atoms. The first kappa shape index (κ1) is 14.0. The quantitative estimate of drug-likeness (QED) is 0.687. The maximum atomic E-state index is 12.1. The van der Waals surface area contributed by atoms with E-state index in [2.05, 4.69) is 22.8 Å². The molecule has 1 heterocycles. The molecule has 0 saturated heterocycles. The summed E-state index contributed by atoms with van der Waals surface area (Å²) in [7, 11) is 0. The zero-order valence-electron chi connectivity index (χ0n) is 11.2. The van der Waals surface area contributed by atoms with E-state index < -0.39 is 5.54 Å². The van der Waals surface area contributed by atoms with Crippen LogP contribution < -0.4 is 10.7 Å². The normalized spacial score (nSPS) is 31.4. The standard InChI is InChI=1S/C13H21N3O3/c1-9-4-6-13(8-17,7-5-9)14-12(19)10-2-3-11(18)16-15-10/h9,17H,2-8H2,1H3,(H,14,19)(H,16,18). The number of nitrogens with one attached hydrogen (secondary N) is 2. The molecule has 0 radical (unpaired) electrons. The van der Waals surface area contributed by atoms with Gasteiger partial charge in [0.15, 0.2) is 0 Å². The van der Waals surface area contributed by atoms with Crippen LogP contribution >= 0.6 is 0 Å². The Labute approximate surface area is 112 Å². The van der Waals surface area contributed by atoms with Gasteiger partial charge in [0.1, 0.15) is 5.71 Å². The number of hydrogen-bond donors (Lipinski definition) is 3. The molecule has 0 aromatic carbocycles. The molecule has 6 heteroatoms. The molecule has 0 aromatic heterocycles. The van der Waals surface area contributed by atoms with Crippen LogP contribution in [0.3, 0.4) is 0 Å². The number of amides is 2. The number of hydrogen-bond acceptors (Lipinski definition) is 4. The number of carbonyl (C=O) groups excluding carboxylic acids is 2. The molecule has 2 amide bonds. The Bertz CT molecular complexity index is 398. The van der Waals surface area contributed by atoms with E-state index in [1.165, 1.54) is 0 Å². The Hall–Kier alpha value is -1.43. The molecule has 106 valence electrons. The van der Waals surface area contributed by atoms with E-state index in [0.29, 0.717) is 18.1 Å². The maximum Gasteiger partial charge on any atom is 0.268 e. The van der Waals surface area contributed by atoms with Crippen LogP contribution in [-0.4, -0.2) is 34.8 Å². The van der Waals surface area contributed by atoms with Crippen molar-refractivity contribution in [3.05, 3.63) is 0 Å². The molecular weight excluding hydrogens is 246 g/mol. The molecule has 2 aliphatic rings. The van der Waals surface area contributed by atoms with E-state index >= 15 is 0 Å². The molecule has 0 aromatic rings. The summed E-state index contributed by atoms with van der Waals surface area (Å²) >= 11 is 0. The second kappa shape index (κ2) is 5.69. The van der Waals surface area contributed by atoms with Crippen molar-refractivity contribution in [3.8, 4) is 0 Å². The number of rotatable bonds is 3. The Morgan fingerprint density at radius 3 is 2.68 bits per heavy atom. The number of carbonyl (C=O) groups is 2. The van der Waals surface area contributed by atoms with Crippen LogP contribution in [0, 0.1) is 5.92 Å². The fraction of sp³-hybridized carbons (Fsp3) is 0.769. The highest BCUT2D eigenvalue weighted by Gasteiger charge is 2.36. The maximum absolute atomic E-state index is 12.1. The number of nitrogens with zero attached hydrogens (tertiary/aromatic N) is 1. The second-order valence-corrected chi connectivity index (χ2v) is 5.67. The molecule has 19 heavy (non-hydrogen) atoms. The van der Waals surface area contributed by atoms with Gasteiger partial charge in [-0.15, -0.1) is 0 Å². The third-order valence-electron chi connectivity index (χ3n) is 4.08. The van der Waals surface area contributed by atoms with Gasteiger partial charge in [0.2, 0.25) is 5.91 Å². The highest BCUT2D eigenvalue weighted by Crippen LogP contribution is 2.31. The monoisotopic (exact) mass is 267 g/mol. The van der Waals surface area contributed by atoms with Crippen LogP contribution in [0.1, 0.15) is 45.4 Å². The van der Waals surface area contributed by atoms with Crippen LogP contribution in [0.4, 0.5) is 0 Å². The molecule has 1 saturated carbocycles. The molecule has 6 nitrogen and oxygen atoms in total. The van der Waals surface area contributed by atoms with E-state index in [1.807, 2.05) is 0 Å². The second-order valence-electron chi connectivity index (χ2n) is 5.67. The van der Waals surface area contributed by atoms with Gasteiger partial charge in [-0.1, -0.05) is 6.92 Å². The Kier molecular flexibility index (Phi) is 4.19. The SMILES string of the molecule is CC1CCC(CO)(NC(=O)C2=NNC(=O)CC2)CC1. The minimum absolute atomic E-state index is 0.0505. The molecular formula is C13H21N3O3. The van der Waals surface area contributed by atoms with E-state index in [-0.39, 0.29) is 24.8 Å². The molecule has 1 aliphatic heterocycles. The van der Waals surface area contributed by atoms with Crippen LogP contribution in [0.15, 0.2) is 5.10 Å². The Morgan fingerprint density at radius 2 is 2.16 bits per heavy atom. The summed E-state index contributed by atoms with van der Waals surface area (Å²) in [4.78, 5) is 23.1. The lowest BCUT2D eigenvalue weighted by atomic mass is 9.77.